The molecule has 24 heavy (non-hydrogen) atoms. The van der Waals surface area contributed by atoms with Crippen LogP contribution in [0, 0.1) is 25.1 Å². The van der Waals surface area contributed by atoms with Crippen LogP contribution < -0.4 is 0 Å². The minimum Gasteiger partial charge on any atom is -0.319 e. The molecule has 2 nitrogen and oxygen atoms in total. The summed E-state index contributed by atoms with van der Waals surface area (Å²) in [4.78, 5) is 0. The second-order valence-electron chi connectivity index (χ2n) is 4.35. The molecule has 4 heteroatoms. The molecular weight excluding hydrogens is 390 g/mol. The number of rotatable bonds is 5. The van der Waals surface area contributed by atoms with Crippen molar-refractivity contribution in [3.8, 4) is 0 Å². The summed E-state index contributed by atoms with van der Waals surface area (Å²) in [7, 11) is 0. The molecule has 0 aromatic heterocycles. The second kappa shape index (κ2) is 33.6. The third kappa shape index (κ3) is 32.9. The predicted molar refractivity (Wildman–Crippen MR) is 89.5 cm³/mol. The van der Waals surface area contributed by atoms with Crippen LogP contribution in [0.25, 0.3) is 0 Å². The smallest absolute Gasteiger partial charge is 0.171 e. The Bertz CT molecular complexity index is 292. The minimum atomic E-state index is 1.11. The molecule has 0 bridgehead atoms. The van der Waals surface area contributed by atoms with Crippen LogP contribution in [-0.4, -0.2) is 0 Å². The average Bonchev–Trinajstić information content (AvgIpc) is 2.72. The Morgan fingerprint density at radius 2 is 1.08 bits per heavy atom. The maximum atomic E-state index is 7.94. The maximum Gasteiger partial charge on any atom is -0.171 e. The molecule has 2 aromatic rings. The van der Waals surface area contributed by atoms with Gasteiger partial charge in [-0.15, -0.1) is 0 Å². The summed E-state index contributed by atoms with van der Waals surface area (Å²) in [6.45, 7) is 6.02. The molecule has 0 heterocycles. The van der Waals surface area contributed by atoms with Gasteiger partial charge in [-0.2, -0.15) is 42.8 Å². The van der Waals surface area contributed by atoms with Gasteiger partial charge in [0.15, 0.2) is 0 Å². The van der Waals surface area contributed by atoms with Crippen LogP contribution >= 0.6 is 0 Å². The van der Waals surface area contributed by atoms with Crippen molar-refractivity contribution in [2.75, 3.05) is 0 Å². The van der Waals surface area contributed by atoms with E-state index in [0.29, 0.717) is 0 Å². The molecule has 0 atom stereocenters. The van der Waals surface area contributed by atoms with Gasteiger partial charge in [0.2, 0.25) is 0 Å². The van der Waals surface area contributed by atoms with E-state index < -0.39 is 0 Å². The zero-order chi connectivity index (χ0) is 18.7. The van der Waals surface area contributed by atoms with E-state index in [-0.39, 0.29) is 0 Å². The standard InChI is InChI=1S/C8H17.C6H5.C6H4.2Co.2O/c1-3-5-7-8-6-4-2;2*1-2-4-6-5-3-1;;;;/h1,3-8H2,2H3;1-5H;1-2,5-6H;;;;/q2*-1;-2;;;;. The van der Waals surface area contributed by atoms with Crippen molar-refractivity contribution in [2.24, 2.45) is 0 Å². The Morgan fingerprint density at radius 1 is 0.667 bits per heavy atom. The largest absolute Gasteiger partial charge is 0.319 e. The topological polar surface area (TPSA) is 34.1 Å². The van der Waals surface area contributed by atoms with Crippen LogP contribution in [0.2, 0.25) is 0 Å². The Hall–Kier alpha value is -0.947. The van der Waals surface area contributed by atoms with Crippen molar-refractivity contribution in [3.05, 3.63) is 79.7 Å². The van der Waals surface area contributed by atoms with Crippen molar-refractivity contribution < 1.29 is 39.1 Å². The van der Waals surface area contributed by atoms with Crippen LogP contribution in [0.1, 0.15) is 45.4 Å². The molecule has 2 rings (SSSR count). The SMILES string of the molecule is [CH2-]CCCCCCC.[O]=[Co].[O]=[Co].[c-]1cc[c-]cc1.[c-]1ccccc1. The van der Waals surface area contributed by atoms with Crippen LogP contribution in [0.4, 0.5) is 0 Å². The van der Waals surface area contributed by atoms with E-state index in [2.05, 4.69) is 63.4 Å². The molecule has 2 aromatic carbocycles. The molecule has 0 fully saturated rings. The average molecular weight is 416 g/mol. The molecule has 0 saturated carbocycles. The van der Waals surface area contributed by atoms with Crippen molar-refractivity contribution in [1.29, 1.82) is 0 Å². The van der Waals surface area contributed by atoms with Crippen molar-refractivity contribution in [2.45, 2.75) is 45.4 Å². The molecule has 0 aliphatic carbocycles. The Kier molecular flexibility index (Phi) is 39.0. The van der Waals surface area contributed by atoms with E-state index in [9.17, 15) is 0 Å². The molecule has 0 aliphatic rings. The number of hydrogen-bond acceptors (Lipinski definition) is 2. The quantitative estimate of drug-likeness (QED) is 0.462. The van der Waals surface area contributed by atoms with Gasteiger partial charge in [0.1, 0.15) is 0 Å². The first-order valence-corrected chi connectivity index (χ1v) is 8.56. The van der Waals surface area contributed by atoms with Gasteiger partial charge in [-0.1, -0.05) is 39.0 Å². The summed E-state index contributed by atoms with van der Waals surface area (Å²) in [5, 5.41) is 0. The van der Waals surface area contributed by atoms with Crippen LogP contribution in [-0.2, 0) is 39.1 Å². The van der Waals surface area contributed by atoms with E-state index in [4.69, 9.17) is 7.73 Å². The van der Waals surface area contributed by atoms with Crippen molar-refractivity contribution >= 4 is 0 Å². The van der Waals surface area contributed by atoms with Crippen molar-refractivity contribution in [1.82, 2.24) is 0 Å². The fraction of sp³-hybridized carbons (Fsp3) is 0.350. The summed E-state index contributed by atoms with van der Waals surface area (Å²) >= 11 is 4.62. The molecule has 0 radical (unpaired) electrons. The first kappa shape index (κ1) is 27.9. The van der Waals surface area contributed by atoms with Gasteiger partial charge in [-0.05, 0) is 0 Å². The summed E-state index contributed by atoms with van der Waals surface area (Å²) in [5.74, 6) is 0. The third-order valence-corrected chi connectivity index (χ3v) is 2.51. The Morgan fingerprint density at radius 3 is 1.33 bits per heavy atom. The van der Waals surface area contributed by atoms with E-state index in [1.165, 1.54) is 32.1 Å². The molecule has 0 aliphatic heterocycles. The van der Waals surface area contributed by atoms with Gasteiger partial charge in [-0.3, -0.25) is 24.3 Å². The number of unbranched alkanes of at least 4 members (excludes halogenated alkanes) is 5. The Labute approximate surface area is 164 Å². The molecule has 0 unspecified atom stereocenters. The van der Waals surface area contributed by atoms with E-state index in [0.717, 1.165) is 6.42 Å². The molecule has 0 saturated heterocycles. The van der Waals surface area contributed by atoms with Gasteiger partial charge < -0.3 is 19.1 Å². The fourth-order valence-electron chi connectivity index (χ4n) is 1.43. The van der Waals surface area contributed by atoms with Crippen LogP contribution in [0.3, 0.4) is 0 Å². The molecule has 140 valence electrons. The van der Waals surface area contributed by atoms with Crippen LogP contribution in [0.15, 0.2) is 54.6 Å². The van der Waals surface area contributed by atoms with Gasteiger partial charge >= 0.3 is 39.1 Å². The van der Waals surface area contributed by atoms with Gasteiger partial charge in [0.25, 0.3) is 0 Å². The molecule has 0 amide bonds. The van der Waals surface area contributed by atoms with Gasteiger partial charge in [0, 0.05) is 0 Å². The summed E-state index contributed by atoms with van der Waals surface area (Å²) in [5.41, 5.74) is 0. The molecule has 0 spiro atoms. The summed E-state index contributed by atoms with van der Waals surface area (Å²) < 4.78 is 15.9. The first-order chi connectivity index (χ1) is 11.9. The minimum absolute atomic E-state index is 1.11. The van der Waals surface area contributed by atoms with E-state index in [1.54, 1.807) is 0 Å². The fourth-order valence-corrected chi connectivity index (χ4v) is 1.43. The van der Waals surface area contributed by atoms with E-state index >= 15 is 0 Å². The first-order valence-electron chi connectivity index (χ1n) is 7.71. The zero-order valence-corrected chi connectivity index (χ0v) is 16.2. The van der Waals surface area contributed by atoms with Crippen LogP contribution in [0.5, 0.6) is 0 Å². The summed E-state index contributed by atoms with van der Waals surface area (Å²) in [6, 6.07) is 25.5. The number of benzene rings is 2. The normalized spacial score (nSPS) is 7.67. The van der Waals surface area contributed by atoms with Gasteiger partial charge in [-0.25, -0.2) is 0 Å². The monoisotopic (exact) mass is 416 g/mol. The van der Waals surface area contributed by atoms with Gasteiger partial charge in [0.05, 0.1) is 0 Å². The molecule has 0 N–H and O–H groups in total. The Balaban J connectivity index is -0.000000251. The number of hydrogen-bond donors (Lipinski definition) is 0. The predicted octanol–water partition coefficient (Wildman–Crippen LogP) is 5.71. The molecular formula is C20H26Co2O2-4. The zero-order valence-electron chi connectivity index (χ0n) is 14.1. The summed E-state index contributed by atoms with van der Waals surface area (Å²) in [6.07, 6.45) is 7.98. The third-order valence-electron chi connectivity index (χ3n) is 2.51. The van der Waals surface area contributed by atoms with Crippen molar-refractivity contribution in [3.63, 3.8) is 0 Å². The van der Waals surface area contributed by atoms with E-state index in [1.807, 2.05) is 54.6 Å². The maximum absolute atomic E-state index is 7.94. The second-order valence-corrected chi connectivity index (χ2v) is 4.35.